The van der Waals surface area contributed by atoms with Gasteiger partial charge < -0.3 is 15.0 Å². The molecule has 0 fully saturated rings. The number of esters is 1. The molecule has 0 aliphatic heterocycles. The lowest BCUT2D eigenvalue weighted by molar-refractivity contribution is -0.145. The summed E-state index contributed by atoms with van der Waals surface area (Å²) < 4.78 is 33.5. The van der Waals surface area contributed by atoms with Gasteiger partial charge in [0.1, 0.15) is 6.54 Å². The van der Waals surface area contributed by atoms with Crippen molar-refractivity contribution in [3.63, 3.8) is 0 Å². The summed E-state index contributed by atoms with van der Waals surface area (Å²) in [5.41, 5.74) is 2.57. The first-order valence-corrected chi connectivity index (χ1v) is 13.9. The molecule has 0 radical (unpaired) electrons. The Balaban J connectivity index is 1.52. The lowest BCUT2D eigenvalue weighted by atomic mass is 10.1. The van der Waals surface area contributed by atoms with Gasteiger partial charge in [0.2, 0.25) is 5.91 Å². The van der Waals surface area contributed by atoms with Crippen LogP contribution < -0.4 is 9.62 Å². The van der Waals surface area contributed by atoms with Crippen LogP contribution in [0.5, 0.6) is 0 Å². The number of anilines is 2. The molecule has 0 bridgehead atoms. The number of benzene rings is 3. The fraction of sp³-hybridized carbons (Fsp3) is 0.214. The normalized spacial score (nSPS) is 11.5. The second-order valence-corrected chi connectivity index (χ2v) is 11.3. The van der Waals surface area contributed by atoms with Crippen LogP contribution in [0.25, 0.3) is 10.9 Å². The summed E-state index contributed by atoms with van der Waals surface area (Å²) in [4.78, 5) is 28.2. The van der Waals surface area contributed by atoms with E-state index in [1.807, 2.05) is 30.5 Å². The van der Waals surface area contributed by atoms with Gasteiger partial charge in [-0.05, 0) is 68.3 Å². The summed E-state index contributed by atoms with van der Waals surface area (Å²) in [5.74, 6) is -0.956. The number of carbonyl (C=O) groups excluding carboxylic acids is 2. The third-order valence-electron chi connectivity index (χ3n) is 5.74. The number of fused-ring (bicyclic) bond motifs is 1. The number of nitrogens with zero attached hydrogens (tertiary/aromatic N) is 1. The SMILES string of the molecule is CC(C)OC(=O)CN(c1cccc(Cl)c1)S(=O)(=O)c1cccc(NC(=O)CCc2c[nH]c3ccccc23)c1. The van der Waals surface area contributed by atoms with E-state index in [1.165, 1.54) is 24.3 Å². The lowest BCUT2D eigenvalue weighted by Gasteiger charge is -2.24. The van der Waals surface area contributed by atoms with E-state index in [-0.39, 0.29) is 22.9 Å². The highest BCUT2D eigenvalue weighted by atomic mass is 35.5. The number of aromatic nitrogens is 1. The molecule has 0 unspecified atom stereocenters. The van der Waals surface area contributed by atoms with Crippen LogP contribution in [-0.4, -0.2) is 37.9 Å². The van der Waals surface area contributed by atoms with E-state index in [0.717, 1.165) is 20.8 Å². The molecule has 0 atom stereocenters. The standard InChI is InChI=1S/C28H28ClN3O5S/c1-19(2)37-28(34)18-32(23-9-5-7-21(29)15-23)38(35,36)24-10-6-8-22(16-24)31-27(33)14-13-20-17-30-26-12-4-3-11-25(20)26/h3-12,15-17,19,30H,13-14,18H2,1-2H3,(H,31,33). The Hall–Kier alpha value is -3.82. The van der Waals surface area contributed by atoms with Crippen molar-refractivity contribution in [3.05, 3.63) is 89.6 Å². The summed E-state index contributed by atoms with van der Waals surface area (Å²) in [6, 6.07) is 20.0. The molecule has 4 aromatic rings. The zero-order valence-corrected chi connectivity index (χ0v) is 22.6. The third kappa shape index (κ3) is 6.54. The Bertz CT molecular complexity index is 1570. The number of H-pyrrole nitrogens is 1. The summed E-state index contributed by atoms with van der Waals surface area (Å²) in [7, 11) is -4.21. The van der Waals surface area contributed by atoms with Gasteiger partial charge in [-0.25, -0.2) is 8.42 Å². The topological polar surface area (TPSA) is 109 Å². The Kier molecular flexibility index (Phi) is 8.38. The minimum Gasteiger partial charge on any atom is -0.462 e. The quantitative estimate of drug-likeness (QED) is 0.251. The highest BCUT2D eigenvalue weighted by Gasteiger charge is 2.28. The van der Waals surface area contributed by atoms with Crippen LogP contribution >= 0.6 is 11.6 Å². The number of carbonyl (C=O) groups is 2. The van der Waals surface area contributed by atoms with Crippen molar-refractivity contribution in [2.24, 2.45) is 0 Å². The van der Waals surface area contributed by atoms with Crippen molar-refractivity contribution in [3.8, 4) is 0 Å². The van der Waals surface area contributed by atoms with Gasteiger partial charge in [-0.3, -0.25) is 13.9 Å². The average molecular weight is 554 g/mol. The molecule has 1 heterocycles. The molecule has 0 saturated heterocycles. The molecular formula is C28H28ClN3O5S. The Morgan fingerprint density at radius 2 is 1.79 bits per heavy atom. The Labute approximate surface area is 226 Å². The number of hydrogen-bond acceptors (Lipinski definition) is 5. The number of nitrogens with one attached hydrogen (secondary N) is 2. The van der Waals surface area contributed by atoms with E-state index >= 15 is 0 Å². The summed E-state index contributed by atoms with van der Waals surface area (Å²) >= 11 is 6.10. The maximum Gasteiger partial charge on any atom is 0.327 e. The number of halogens is 1. The molecule has 0 saturated carbocycles. The number of ether oxygens (including phenoxy) is 1. The van der Waals surface area contributed by atoms with Gasteiger partial charge in [-0.1, -0.05) is 41.9 Å². The fourth-order valence-corrected chi connectivity index (χ4v) is 5.67. The van der Waals surface area contributed by atoms with Gasteiger partial charge in [0.05, 0.1) is 16.7 Å². The number of aromatic amines is 1. The van der Waals surface area contributed by atoms with Crippen LogP contribution in [0, 0.1) is 0 Å². The molecule has 0 aliphatic carbocycles. The molecule has 2 N–H and O–H groups in total. The zero-order chi connectivity index (χ0) is 27.3. The number of rotatable bonds is 10. The molecule has 38 heavy (non-hydrogen) atoms. The van der Waals surface area contributed by atoms with Gasteiger partial charge in [0.25, 0.3) is 10.0 Å². The number of sulfonamides is 1. The molecule has 0 aliphatic rings. The van der Waals surface area contributed by atoms with Crippen molar-refractivity contribution in [1.82, 2.24) is 4.98 Å². The van der Waals surface area contributed by atoms with Crippen LogP contribution in [0.3, 0.4) is 0 Å². The largest absolute Gasteiger partial charge is 0.462 e. The van der Waals surface area contributed by atoms with Gasteiger partial charge >= 0.3 is 5.97 Å². The molecular weight excluding hydrogens is 526 g/mol. The van der Waals surface area contributed by atoms with E-state index in [4.69, 9.17) is 16.3 Å². The molecule has 1 amide bonds. The first kappa shape index (κ1) is 27.2. The average Bonchev–Trinajstić information content (AvgIpc) is 3.29. The van der Waals surface area contributed by atoms with Crippen molar-refractivity contribution in [2.75, 3.05) is 16.2 Å². The fourth-order valence-electron chi connectivity index (χ4n) is 4.04. The predicted octanol–water partition coefficient (Wildman–Crippen LogP) is 5.54. The van der Waals surface area contributed by atoms with Gasteiger partial charge in [0.15, 0.2) is 0 Å². The number of hydrogen-bond donors (Lipinski definition) is 2. The van der Waals surface area contributed by atoms with E-state index in [1.54, 1.807) is 38.1 Å². The van der Waals surface area contributed by atoms with Crippen LogP contribution in [0.1, 0.15) is 25.8 Å². The lowest BCUT2D eigenvalue weighted by Crippen LogP contribution is -2.37. The van der Waals surface area contributed by atoms with Crippen LogP contribution in [0.15, 0.2) is 83.9 Å². The van der Waals surface area contributed by atoms with Crippen LogP contribution in [-0.2, 0) is 30.8 Å². The summed E-state index contributed by atoms with van der Waals surface area (Å²) in [6.07, 6.45) is 2.22. The highest BCUT2D eigenvalue weighted by Crippen LogP contribution is 2.28. The van der Waals surface area contributed by atoms with E-state index in [2.05, 4.69) is 10.3 Å². The molecule has 8 nitrogen and oxygen atoms in total. The van der Waals surface area contributed by atoms with Crippen LogP contribution in [0.4, 0.5) is 11.4 Å². The van der Waals surface area contributed by atoms with E-state index < -0.39 is 28.6 Å². The molecule has 1 aromatic heterocycles. The van der Waals surface area contributed by atoms with Gasteiger partial charge in [0, 0.05) is 34.2 Å². The molecule has 198 valence electrons. The van der Waals surface area contributed by atoms with Crippen LogP contribution in [0.2, 0.25) is 5.02 Å². The minimum absolute atomic E-state index is 0.0933. The minimum atomic E-state index is -4.21. The van der Waals surface area contributed by atoms with Gasteiger partial charge in [-0.15, -0.1) is 0 Å². The molecule has 10 heteroatoms. The van der Waals surface area contributed by atoms with E-state index in [9.17, 15) is 18.0 Å². The van der Waals surface area contributed by atoms with E-state index in [0.29, 0.717) is 17.1 Å². The van der Waals surface area contributed by atoms with Crippen molar-refractivity contribution >= 4 is 55.8 Å². The number of amides is 1. The third-order valence-corrected chi connectivity index (χ3v) is 7.74. The smallest absolute Gasteiger partial charge is 0.327 e. The van der Waals surface area contributed by atoms with Crippen molar-refractivity contribution in [2.45, 2.75) is 37.7 Å². The summed E-state index contributed by atoms with van der Waals surface area (Å²) in [6.45, 7) is 2.82. The first-order chi connectivity index (χ1) is 18.1. The maximum atomic E-state index is 13.7. The first-order valence-electron chi connectivity index (χ1n) is 12.1. The monoisotopic (exact) mass is 553 g/mol. The maximum absolute atomic E-state index is 13.7. The second-order valence-electron chi connectivity index (χ2n) is 8.97. The molecule has 0 spiro atoms. The Morgan fingerprint density at radius 1 is 1.03 bits per heavy atom. The molecule has 4 rings (SSSR count). The van der Waals surface area contributed by atoms with Crippen molar-refractivity contribution < 1.29 is 22.7 Å². The van der Waals surface area contributed by atoms with Gasteiger partial charge in [-0.2, -0.15) is 0 Å². The predicted molar refractivity (Wildman–Crippen MR) is 149 cm³/mol. The zero-order valence-electron chi connectivity index (χ0n) is 21.0. The van der Waals surface area contributed by atoms with Crippen molar-refractivity contribution in [1.29, 1.82) is 0 Å². The second kappa shape index (κ2) is 11.7. The molecule has 3 aromatic carbocycles. The number of aryl methyl sites for hydroxylation is 1. The Morgan fingerprint density at radius 3 is 2.55 bits per heavy atom. The highest BCUT2D eigenvalue weighted by molar-refractivity contribution is 7.92. The summed E-state index contributed by atoms with van der Waals surface area (Å²) in [5, 5.41) is 4.15. The number of para-hydroxylation sites is 1.